The van der Waals surface area contributed by atoms with Crippen LogP contribution in [0.15, 0.2) is 18.2 Å². The molecular formula is C15H19ClFNO3. The van der Waals surface area contributed by atoms with Gasteiger partial charge in [-0.25, -0.2) is 4.39 Å². The van der Waals surface area contributed by atoms with Crippen molar-refractivity contribution in [2.75, 3.05) is 19.8 Å². The molecule has 1 saturated carbocycles. The fraction of sp³-hybridized carbons (Fsp3) is 0.533. The highest BCUT2D eigenvalue weighted by molar-refractivity contribution is 6.32. The van der Waals surface area contributed by atoms with Crippen LogP contribution in [0.3, 0.4) is 0 Å². The highest BCUT2D eigenvalue weighted by atomic mass is 35.5. The molecule has 1 fully saturated rings. The number of hydrogen-bond acceptors (Lipinski definition) is 3. The third-order valence-corrected chi connectivity index (χ3v) is 4.16. The summed E-state index contributed by atoms with van der Waals surface area (Å²) in [5.74, 6) is 0.181. The normalized spacial score (nSPS) is 21.3. The monoisotopic (exact) mass is 315 g/mol. The van der Waals surface area contributed by atoms with Gasteiger partial charge in [-0.05, 0) is 42.9 Å². The van der Waals surface area contributed by atoms with E-state index in [-0.39, 0.29) is 35.8 Å². The summed E-state index contributed by atoms with van der Waals surface area (Å²) in [6.45, 7) is 0.550. The smallest absolute Gasteiger partial charge is 0.257 e. The molecule has 0 aromatic heterocycles. The molecule has 2 N–H and O–H groups in total. The van der Waals surface area contributed by atoms with E-state index >= 15 is 0 Å². The van der Waals surface area contributed by atoms with Crippen molar-refractivity contribution in [2.24, 2.45) is 11.8 Å². The van der Waals surface area contributed by atoms with Crippen LogP contribution in [-0.4, -0.2) is 30.8 Å². The van der Waals surface area contributed by atoms with Crippen molar-refractivity contribution < 1.29 is 19.0 Å². The van der Waals surface area contributed by atoms with Gasteiger partial charge in [-0.15, -0.1) is 0 Å². The maximum atomic E-state index is 12.9. The first-order chi connectivity index (χ1) is 10.1. The van der Waals surface area contributed by atoms with E-state index in [4.69, 9.17) is 16.3 Å². The van der Waals surface area contributed by atoms with Gasteiger partial charge in [0.2, 0.25) is 0 Å². The molecule has 0 heterocycles. The van der Waals surface area contributed by atoms with Gasteiger partial charge in [0.15, 0.2) is 6.61 Å². The Hall–Kier alpha value is -1.33. The second kappa shape index (κ2) is 7.61. The van der Waals surface area contributed by atoms with Gasteiger partial charge in [-0.1, -0.05) is 18.0 Å². The number of carbonyl (C=O) groups is 1. The summed E-state index contributed by atoms with van der Waals surface area (Å²) in [4.78, 5) is 11.7. The number of halogens is 2. The summed E-state index contributed by atoms with van der Waals surface area (Å²) in [6.07, 6.45) is 3.13. The molecule has 21 heavy (non-hydrogen) atoms. The van der Waals surface area contributed by atoms with E-state index in [0.717, 1.165) is 25.3 Å². The van der Waals surface area contributed by atoms with Crippen LogP contribution in [-0.2, 0) is 4.79 Å². The van der Waals surface area contributed by atoms with E-state index < -0.39 is 5.82 Å². The van der Waals surface area contributed by atoms with Crippen LogP contribution in [0, 0.1) is 17.7 Å². The zero-order valence-electron chi connectivity index (χ0n) is 11.6. The molecule has 1 aromatic rings. The molecule has 0 spiro atoms. The molecule has 1 amide bonds. The lowest BCUT2D eigenvalue weighted by molar-refractivity contribution is -0.123. The first-order valence-corrected chi connectivity index (χ1v) is 7.43. The van der Waals surface area contributed by atoms with Crippen molar-refractivity contribution in [1.82, 2.24) is 5.32 Å². The van der Waals surface area contributed by atoms with Crippen LogP contribution in [0.2, 0.25) is 5.02 Å². The Kier molecular flexibility index (Phi) is 5.82. The van der Waals surface area contributed by atoms with Gasteiger partial charge >= 0.3 is 0 Å². The summed E-state index contributed by atoms with van der Waals surface area (Å²) in [6, 6.07) is 3.76. The Morgan fingerprint density at radius 2 is 2.19 bits per heavy atom. The maximum absolute atomic E-state index is 12.9. The van der Waals surface area contributed by atoms with Crippen molar-refractivity contribution in [1.29, 1.82) is 0 Å². The number of benzene rings is 1. The molecule has 2 unspecified atom stereocenters. The Morgan fingerprint density at radius 1 is 1.43 bits per heavy atom. The maximum Gasteiger partial charge on any atom is 0.257 e. The zero-order chi connectivity index (χ0) is 15.2. The fourth-order valence-corrected chi connectivity index (χ4v) is 2.88. The van der Waals surface area contributed by atoms with Gasteiger partial charge in [0.25, 0.3) is 5.91 Å². The van der Waals surface area contributed by atoms with Crippen molar-refractivity contribution in [3.8, 4) is 5.75 Å². The number of aliphatic hydroxyl groups excluding tert-OH is 1. The van der Waals surface area contributed by atoms with Gasteiger partial charge in [0.05, 0.1) is 5.02 Å². The predicted octanol–water partition coefficient (Wildman–Crippen LogP) is 2.38. The number of nitrogens with one attached hydrogen (secondary N) is 1. The van der Waals surface area contributed by atoms with Gasteiger partial charge in [-0.3, -0.25) is 4.79 Å². The Morgan fingerprint density at radius 3 is 2.90 bits per heavy atom. The zero-order valence-corrected chi connectivity index (χ0v) is 12.4. The highest BCUT2D eigenvalue weighted by Gasteiger charge is 2.26. The SMILES string of the molecule is O=C(COc1ccc(F)cc1Cl)NCC1CCCC1CO. The van der Waals surface area contributed by atoms with Crippen molar-refractivity contribution >= 4 is 17.5 Å². The molecule has 2 atom stereocenters. The topological polar surface area (TPSA) is 58.6 Å². The summed E-state index contributed by atoms with van der Waals surface area (Å²) >= 11 is 5.81. The molecule has 1 aliphatic carbocycles. The molecule has 2 rings (SSSR count). The van der Waals surface area contributed by atoms with E-state index in [1.165, 1.54) is 12.1 Å². The molecule has 0 radical (unpaired) electrons. The van der Waals surface area contributed by atoms with Gasteiger partial charge in [0, 0.05) is 13.2 Å². The largest absolute Gasteiger partial charge is 0.482 e. The first kappa shape index (κ1) is 16.0. The van der Waals surface area contributed by atoms with Crippen LogP contribution >= 0.6 is 11.6 Å². The second-order valence-electron chi connectivity index (χ2n) is 5.30. The van der Waals surface area contributed by atoms with E-state index in [9.17, 15) is 14.3 Å². The van der Waals surface area contributed by atoms with Crippen molar-refractivity contribution in [2.45, 2.75) is 19.3 Å². The number of ether oxygens (including phenoxy) is 1. The number of rotatable bonds is 6. The summed E-state index contributed by atoms with van der Waals surface area (Å²) in [7, 11) is 0. The number of aliphatic hydroxyl groups is 1. The molecule has 6 heteroatoms. The van der Waals surface area contributed by atoms with E-state index in [1.54, 1.807) is 0 Å². The second-order valence-corrected chi connectivity index (χ2v) is 5.71. The van der Waals surface area contributed by atoms with Crippen LogP contribution in [0.4, 0.5) is 4.39 Å². The summed E-state index contributed by atoms with van der Waals surface area (Å²) in [5.41, 5.74) is 0. The van der Waals surface area contributed by atoms with Crippen LogP contribution in [0.5, 0.6) is 5.75 Å². The Labute approximate surface area is 128 Å². The lowest BCUT2D eigenvalue weighted by Crippen LogP contribution is -2.34. The van der Waals surface area contributed by atoms with Crippen molar-refractivity contribution in [3.05, 3.63) is 29.0 Å². The third-order valence-electron chi connectivity index (χ3n) is 3.87. The lowest BCUT2D eigenvalue weighted by Gasteiger charge is -2.17. The van der Waals surface area contributed by atoms with Crippen molar-refractivity contribution in [3.63, 3.8) is 0 Å². The lowest BCUT2D eigenvalue weighted by atomic mass is 9.97. The Bertz CT molecular complexity index is 498. The fourth-order valence-electron chi connectivity index (χ4n) is 2.65. The number of carbonyl (C=O) groups excluding carboxylic acids is 1. The summed E-state index contributed by atoms with van der Waals surface area (Å²) in [5, 5.41) is 12.2. The van der Waals surface area contributed by atoms with Crippen LogP contribution < -0.4 is 10.1 Å². The summed E-state index contributed by atoms with van der Waals surface area (Å²) < 4.78 is 18.1. The Balaban J connectivity index is 1.74. The van der Waals surface area contributed by atoms with E-state index in [1.807, 2.05) is 0 Å². The van der Waals surface area contributed by atoms with Gasteiger partial charge in [-0.2, -0.15) is 0 Å². The molecule has 1 aromatic carbocycles. The molecular weight excluding hydrogens is 297 g/mol. The molecule has 4 nitrogen and oxygen atoms in total. The molecule has 116 valence electrons. The average Bonchev–Trinajstić information content (AvgIpc) is 2.91. The standard InChI is InChI=1S/C15H19ClFNO3/c16-13-6-12(17)4-5-14(13)21-9-15(20)18-7-10-2-1-3-11(10)8-19/h4-6,10-11,19H,1-3,7-9H2,(H,18,20). The molecule has 1 aliphatic rings. The van der Waals surface area contributed by atoms with Crippen LogP contribution in [0.25, 0.3) is 0 Å². The minimum Gasteiger partial charge on any atom is -0.482 e. The number of amides is 1. The van der Waals surface area contributed by atoms with Gasteiger partial charge in [0.1, 0.15) is 11.6 Å². The molecule has 0 bridgehead atoms. The minimum atomic E-state index is -0.451. The van der Waals surface area contributed by atoms with E-state index in [2.05, 4.69) is 5.32 Å². The number of hydrogen-bond donors (Lipinski definition) is 2. The van der Waals surface area contributed by atoms with E-state index in [0.29, 0.717) is 12.5 Å². The predicted molar refractivity (Wildman–Crippen MR) is 77.8 cm³/mol. The third kappa shape index (κ3) is 4.58. The highest BCUT2D eigenvalue weighted by Crippen LogP contribution is 2.30. The molecule has 0 aliphatic heterocycles. The van der Waals surface area contributed by atoms with Gasteiger partial charge < -0.3 is 15.2 Å². The van der Waals surface area contributed by atoms with Crippen LogP contribution in [0.1, 0.15) is 19.3 Å². The molecule has 0 saturated heterocycles. The minimum absolute atomic E-state index is 0.138. The average molecular weight is 316 g/mol. The first-order valence-electron chi connectivity index (χ1n) is 7.05. The quantitative estimate of drug-likeness (QED) is 0.847.